The highest BCUT2D eigenvalue weighted by Crippen LogP contribution is 2.29. The summed E-state index contributed by atoms with van der Waals surface area (Å²) in [6.07, 6.45) is 2.96. The second-order valence-electron chi connectivity index (χ2n) is 5.23. The summed E-state index contributed by atoms with van der Waals surface area (Å²) >= 11 is 0. The minimum atomic E-state index is 0.0615. The molecule has 96 valence electrons. The van der Waals surface area contributed by atoms with Crippen LogP contribution in [-0.4, -0.2) is 38.3 Å². The maximum absolute atomic E-state index is 6.03. The van der Waals surface area contributed by atoms with Crippen LogP contribution in [0.4, 0.5) is 0 Å². The van der Waals surface area contributed by atoms with Gasteiger partial charge in [-0.1, -0.05) is 20.3 Å². The van der Waals surface area contributed by atoms with E-state index in [1.807, 2.05) is 6.33 Å². The predicted molar refractivity (Wildman–Crippen MR) is 67.3 cm³/mol. The standard InChI is InChI=1S/C12H23N5/c1-4-10(2)12(3,8-13)17-6-5-16-9-14-15-11(16)7-17/h9-10H,4-8,13H2,1-3H3. The van der Waals surface area contributed by atoms with Crippen LogP contribution in [0.3, 0.4) is 0 Å². The van der Waals surface area contributed by atoms with Crippen molar-refractivity contribution in [3.8, 4) is 0 Å². The second kappa shape index (κ2) is 4.74. The number of nitrogens with zero attached hydrogens (tertiary/aromatic N) is 4. The van der Waals surface area contributed by atoms with Crippen molar-refractivity contribution < 1.29 is 0 Å². The van der Waals surface area contributed by atoms with Crippen LogP contribution in [0.15, 0.2) is 6.33 Å². The van der Waals surface area contributed by atoms with Crippen molar-refractivity contribution in [2.24, 2.45) is 11.7 Å². The third kappa shape index (κ3) is 2.09. The highest BCUT2D eigenvalue weighted by Gasteiger charge is 2.37. The first-order valence-electron chi connectivity index (χ1n) is 6.43. The topological polar surface area (TPSA) is 60.0 Å². The van der Waals surface area contributed by atoms with Crippen molar-refractivity contribution in [1.82, 2.24) is 19.7 Å². The monoisotopic (exact) mass is 237 g/mol. The summed E-state index contributed by atoms with van der Waals surface area (Å²) in [6, 6.07) is 0. The van der Waals surface area contributed by atoms with Gasteiger partial charge >= 0.3 is 0 Å². The van der Waals surface area contributed by atoms with Crippen molar-refractivity contribution in [2.45, 2.75) is 45.8 Å². The van der Waals surface area contributed by atoms with E-state index in [1.165, 1.54) is 0 Å². The lowest BCUT2D eigenvalue weighted by atomic mass is 9.83. The van der Waals surface area contributed by atoms with Gasteiger partial charge < -0.3 is 10.3 Å². The maximum Gasteiger partial charge on any atom is 0.147 e. The minimum Gasteiger partial charge on any atom is -0.329 e. The van der Waals surface area contributed by atoms with E-state index in [2.05, 4.69) is 40.4 Å². The van der Waals surface area contributed by atoms with Gasteiger partial charge in [-0.05, 0) is 12.8 Å². The first-order chi connectivity index (χ1) is 8.11. The molecule has 0 spiro atoms. The molecule has 0 saturated carbocycles. The lowest BCUT2D eigenvalue weighted by Gasteiger charge is -2.46. The fraction of sp³-hybridized carbons (Fsp3) is 0.833. The Morgan fingerprint density at radius 1 is 1.53 bits per heavy atom. The van der Waals surface area contributed by atoms with E-state index in [4.69, 9.17) is 5.73 Å². The van der Waals surface area contributed by atoms with Crippen LogP contribution < -0.4 is 5.73 Å². The summed E-state index contributed by atoms with van der Waals surface area (Å²) < 4.78 is 2.13. The Balaban J connectivity index is 2.18. The van der Waals surface area contributed by atoms with E-state index in [0.29, 0.717) is 12.5 Å². The largest absolute Gasteiger partial charge is 0.329 e. The summed E-state index contributed by atoms with van der Waals surface area (Å²) in [7, 11) is 0. The molecule has 0 amide bonds. The number of nitrogens with two attached hydrogens (primary N) is 1. The van der Waals surface area contributed by atoms with Gasteiger partial charge in [0.1, 0.15) is 12.2 Å². The number of fused-ring (bicyclic) bond motifs is 1. The Labute approximate surface area is 103 Å². The molecule has 1 aromatic rings. The molecule has 0 aromatic carbocycles. The highest BCUT2D eigenvalue weighted by atomic mass is 15.3. The summed E-state index contributed by atoms with van der Waals surface area (Å²) in [4.78, 5) is 2.46. The van der Waals surface area contributed by atoms with Crippen LogP contribution in [0.1, 0.15) is 33.0 Å². The van der Waals surface area contributed by atoms with E-state index in [9.17, 15) is 0 Å². The van der Waals surface area contributed by atoms with Crippen molar-refractivity contribution >= 4 is 0 Å². The average molecular weight is 237 g/mol. The molecule has 2 rings (SSSR count). The number of rotatable bonds is 4. The van der Waals surface area contributed by atoms with E-state index in [-0.39, 0.29) is 5.54 Å². The van der Waals surface area contributed by atoms with Gasteiger partial charge in [-0.25, -0.2) is 0 Å². The Morgan fingerprint density at radius 2 is 2.29 bits per heavy atom. The summed E-state index contributed by atoms with van der Waals surface area (Å²) in [6.45, 7) is 10.3. The zero-order valence-corrected chi connectivity index (χ0v) is 11.1. The van der Waals surface area contributed by atoms with Crippen molar-refractivity contribution in [1.29, 1.82) is 0 Å². The average Bonchev–Trinajstić information content (AvgIpc) is 2.83. The first kappa shape index (κ1) is 12.5. The molecule has 5 heteroatoms. The zero-order chi connectivity index (χ0) is 12.5. The second-order valence-corrected chi connectivity index (χ2v) is 5.23. The molecular formula is C12H23N5. The van der Waals surface area contributed by atoms with Gasteiger partial charge in [0.05, 0.1) is 6.54 Å². The van der Waals surface area contributed by atoms with Crippen molar-refractivity contribution in [2.75, 3.05) is 13.1 Å². The molecule has 0 fully saturated rings. The quantitative estimate of drug-likeness (QED) is 0.843. The molecular weight excluding hydrogens is 214 g/mol. The molecule has 0 saturated heterocycles. The molecule has 1 aromatic heterocycles. The third-order valence-electron chi connectivity index (χ3n) is 4.45. The van der Waals surface area contributed by atoms with Crippen LogP contribution in [0, 0.1) is 5.92 Å². The van der Waals surface area contributed by atoms with Crippen LogP contribution in [0.25, 0.3) is 0 Å². The minimum absolute atomic E-state index is 0.0615. The molecule has 5 nitrogen and oxygen atoms in total. The summed E-state index contributed by atoms with van der Waals surface area (Å²) in [5.41, 5.74) is 6.09. The fourth-order valence-corrected chi connectivity index (χ4v) is 2.58. The van der Waals surface area contributed by atoms with Gasteiger partial charge in [0.25, 0.3) is 0 Å². The van der Waals surface area contributed by atoms with Crippen molar-refractivity contribution in [3.63, 3.8) is 0 Å². The fourth-order valence-electron chi connectivity index (χ4n) is 2.58. The van der Waals surface area contributed by atoms with Gasteiger partial charge in [0, 0.05) is 25.2 Å². The molecule has 0 bridgehead atoms. The van der Waals surface area contributed by atoms with Gasteiger partial charge in [-0.2, -0.15) is 0 Å². The normalized spacial score (nSPS) is 21.9. The predicted octanol–water partition coefficient (Wildman–Crippen LogP) is 0.857. The van der Waals surface area contributed by atoms with Crippen LogP contribution >= 0.6 is 0 Å². The van der Waals surface area contributed by atoms with Crippen LogP contribution in [-0.2, 0) is 13.1 Å². The molecule has 2 unspecified atom stereocenters. The summed E-state index contributed by atoms with van der Waals surface area (Å²) in [5, 5.41) is 8.14. The highest BCUT2D eigenvalue weighted by molar-refractivity contribution is 4.98. The van der Waals surface area contributed by atoms with Gasteiger partial charge in [0.2, 0.25) is 0 Å². The molecule has 2 heterocycles. The number of aromatic nitrogens is 3. The Bertz CT molecular complexity index is 375. The van der Waals surface area contributed by atoms with Crippen LogP contribution in [0.2, 0.25) is 0 Å². The Hall–Kier alpha value is -0.940. The molecule has 1 aliphatic heterocycles. The smallest absolute Gasteiger partial charge is 0.147 e. The Kier molecular flexibility index (Phi) is 3.49. The number of hydrogen-bond donors (Lipinski definition) is 1. The summed E-state index contributed by atoms with van der Waals surface area (Å²) in [5.74, 6) is 1.64. The van der Waals surface area contributed by atoms with E-state index < -0.39 is 0 Å². The van der Waals surface area contributed by atoms with Crippen LogP contribution in [0.5, 0.6) is 0 Å². The Morgan fingerprint density at radius 3 is 2.94 bits per heavy atom. The molecule has 0 radical (unpaired) electrons. The first-order valence-corrected chi connectivity index (χ1v) is 6.43. The molecule has 1 aliphatic rings. The van der Waals surface area contributed by atoms with E-state index in [1.54, 1.807) is 0 Å². The lowest BCUT2D eigenvalue weighted by Crippen LogP contribution is -2.57. The van der Waals surface area contributed by atoms with Crippen molar-refractivity contribution in [3.05, 3.63) is 12.2 Å². The molecule has 17 heavy (non-hydrogen) atoms. The third-order valence-corrected chi connectivity index (χ3v) is 4.45. The molecule has 0 aliphatic carbocycles. The SMILES string of the molecule is CCC(C)C(C)(CN)N1CCn2cnnc2C1. The maximum atomic E-state index is 6.03. The lowest BCUT2D eigenvalue weighted by molar-refractivity contribution is 0.0330. The van der Waals surface area contributed by atoms with Gasteiger partial charge in [0.15, 0.2) is 0 Å². The zero-order valence-electron chi connectivity index (χ0n) is 11.1. The molecule has 2 N–H and O–H groups in total. The number of hydrogen-bond acceptors (Lipinski definition) is 4. The van der Waals surface area contributed by atoms with E-state index in [0.717, 1.165) is 31.9 Å². The van der Waals surface area contributed by atoms with E-state index >= 15 is 0 Å². The molecule has 2 atom stereocenters. The van der Waals surface area contributed by atoms with Gasteiger partial charge in [-0.15, -0.1) is 10.2 Å². The van der Waals surface area contributed by atoms with Gasteiger partial charge in [-0.3, -0.25) is 4.90 Å².